The minimum absolute atomic E-state index is 0.0743. The Bertz CT molecular complexity index is 973. The lowest BCUT2D eigenvalue weighted by molar-refractivity contribution is 0.0446. The number of esters is 2. The van der Waals surface area contributed by atoms with E-state index in [4.69, 9.17) is 14.2 Å². The van der Waals surface area contributed by atoms with Gasteiger partial charge in [0.15, 0.2) is 11.6 Å². The summed E-state index contributed by atoms with van der Waals surface area (Å²) in [6, 6.07) is 10.3. The molecule has 0 aliphatic heterocycles. The van der Waals surface area contributed by atoms with Crippen LogP contribution in [0.15, 0.2) is 42.5 Å². The van der Waals surface area contributed by atoms with Gasteiger partial charge < -0.3 is 14.2 Å². The van der Waals surface area contributed by atoms with E-state index in [1.54, 1.807) is 24.3 Å². The minimum atomic E-state index is -0.802. The molecule has 0 radical (unpaired) electrons. The number of hydrogen-bond acceptors (Lipinski definition) is 5. The monoisotopic (exact) mass is 542 g/mol. The van der Waals surface area contributed by atoms with Crippen molar-refractivity contribution in [3.63, 3.8) is 0 Å². The standard InChI is InChI=1S/C33H47FO5/c1-4-6-7-8-9-10-11-12-13-14-15-16-23-37-29-20-17-27(18-21-29)33(36)39-31-22-19-28(24-30(31)34)32(35)38-25-26(3)5-2/h17-22,24,26H,4-16,23,25H2,1-3H3/t26-/m0/s1. The molecule has 0 saturated carbocycles. The molecule has 0 fully saturated rings. The van der Waals surface area contributed by atoms with Crippen LogP contribution in [0.2, 0.25) is 0 Å². The lowest BCUT2D eigenvalue weighted by atomic mass is 10.1. The fourth-order valence-electron chi connectivity index (χ4n) is 4.11. The van der Waals surface area contributed by atoms with Gasteiger partial charge in [-0.25, -0.2) is 14.0 Å². The fraction of sp³-hybridized carbons (Fsp3) is 0.576. The van der Waals surface area contributed by atoms with Gasteiger partial charge in [0.25, 0.3) is 0 Å². The maximum atomic E-state index is 14.5. The molecule has 39 heavy (non-hydrogen) atoms. The maximum Gasteiger partial charge on any atom is 0.343 e. The molecule has 2 rings (SSSR count). The average molecular weight is 543 g/mol. The number of carbonyl (C=O) groups is 2. The Morgan fingerprint density at radius 3 is 1.87 bits per heavy atom. The molecule has 0 aromatic heterocycles. The van der Waals surface area contributed by atoms with E-state index in [0.717, 1.165) is 25.3 Å². The van der Waals surface area contributed by atoms with Gasteiger partial charge in [0.2, 0.25) is 0 Å². The van der Waals surface area contributed by atoms with Crippen LogP contribution >= 0.6 is 0 Å². The molecule has 5 nitrogen and oxygen atoms in total. The van der Waals surface area contributed by atoms with Gasteiger partial charge in [0, 0.05) is 0 Å². The fourth-order valence-corrected chi connectivity index (χ4v) is 4.11. The smallest absolute Gasteiger partial charge is 0.343 e. The Morgan fingerprint density at radius 1 is 0.744 bits per heavy atom. The number of unbranched alkanes of at least 4 members (excludes halogenated alkanes) is 11. The first kappa shape index (κ1) is 32.3. The summed E-state index contributed by atoms with van der Waals surface area (Å²) >= 11 is 0. The second kappa shape index (κ2) is 19.2. The lowest BCUT2D eigenvalue weighted by Crippen LogP contribution is -2.13. The van der Waals surface area contributed by atoms with Crippen LogP contribution in [0.5, 0.6) is 11.5 Å². The number of carbonyl (C=O) groups excluding carboxylic acids is 2. The number of rotatable bonds is 20. The highest BCUT2D eigenvalue weighted by Crippen LogP contribution is 2.22. The molecule has 0 aliphatic carbocycles. The van der Waals surface area contributed by atoms with E-state index in [1.165, 1.54) is 76.3 Å². The SMILES string of the molecule is CCCCCCCCCCCCCCOc1ccc(C(=O)Oc2ccc(C(=O)OC[C@@H](C)CC)cc2F)cc1. The van der Waals surface area contributed by atoms with Gasteiger partial charge in [-0.3, -0.25) is 0 Å². The van der Waals surface area contributed by atoms with Crippen LogP contribution in [-0.2, 0) is 4.74 Å². The molecule has 0 unspecified atom stereocenters. The summed E-state index contributed by atoms with van der Waals surface area (Å²) in [5.41, 5.74) is 0.356. The summed E-state index contributed by atoms with van der Waals surface area (Å²) in [7, 11) is 0. The zero-order chi connectivity index (χ0) is 28.3. The molecule has 0 aliphatic rings. The molecule has 216 valence electrons. The van der Waals surface area contributed by atoms with Gasteiger partial charge in [-0.05, 0) is 54.8 Å². The Morgan fingerprint density at radius 2 is 1.31 bits per heavy atom. The van der Waals surface area contributed by atoms with Gasteiger partial charge in [-0.2, -0.15) is 0 Å². The minimum Gasteiger partial charge on any atom is -0.494 e. The maximum absolute atomic E-state index is 14.5. The van der Waals surface area contributed by atoms with Crippen molar-refractivity contribution in [1.29, 1.82) is 0 Å². The molecule has 0 spiro atoms. The van der Waals surface area contributed by atoms with Gasteiger partial charge in [-0.15, -0.1) is 0 Å². The van der Waals surface area contributed by atoms with Crippen LogP contribution in [0.4, 0.5) is 4.39 Å². The largest absolute Gasteiger partial charge is 0.494 e. The van der Waals surface area contributed by atoms with Crippen molar-refractivity contribution in [2.45, 2.75) is 104 Å². The highest BCUT2D eigenvalue weighted by molar-refractivity contribution is 5.92. The number of halogens is 1. The molecule has 0 heterocycles. The summed E-state index contributed by atoms with van der Waals surface area (Å²) in [6.07, 6.45) is 16.4. The highest BCUT2D eigenvalue weighted by Gasteiger charge is 2.16. The van der Waals surface area contributed by atoms with Crippen molar-refractivity contribution in [2.75, 3.05) is 13.2 Å². The zero-order valence-corrected chi connectivity index (χ0v) is 24.1. The highest BCUT2D eigenvalue weighted by atomic mass is 19.1. The molecule has 2 aromatic carbocycles. The van der Waals surface area contributed by atoms with Gasteiger partial charge >= 0.3 is 11.9 Å². The van der Waals surface area contributed by atoms with E-state index in [2.05, 4.69) is 6.92 Å². The van der Waals surface area contributed by atoms with E-state index in [1.807, 2.05) is 13.8 Å². The number of ether oxygens (including phenoxy) is 3. The van der Waals surface area contributed by atoms with Crippen LogP contribution in [0.25, 0.3) is 0 Å². The van der Waals surface area contributed by atoms with E-state index in [-0.39, 0.29) is 29.4 Å². The van der Waals surface area contributed by atoms with E-state index in [9.17, 15) is 14.0 Å². The Kier molecular flexibility index (Phi) is 15.9. The molecular weight excluding hydrogens is 495 g/mol. The first-order valence-corrected chi connectivity index (χ1v) is 14.9. The normalized spacial score (nSPS) is 11.7. The van der Waals surface area contributed by atoms with Crippen molar-refractivity contribution >= 4 is 11.9 Å². The first-order valence-electron chi connectivity index (χ1n) is 14.9. The topological polar surface area (TPSA) is 61.8 Å². The number of benzene rings is 2. The van der Waals surface area contributed by atoms with Crippen molar-refractivity contribution < 1.29 is 28.2 Å². The van der Waals surface area contributed by atoms with Crippen molar-refractivity contribution in [2.24, 2.45) is 5.92 Å². The third kappa shape index (κ3) is 13.1. The molecule has 0 N–H and O–H groups in total. The molecule has 2 aromatic rings. The molecule has 6 heteroatoms. The summed E-state index contributed by atoms with van der Waals surface area (Å²) in [5, 5.41) is 0. The van der Waals surface area contributed by atoms with Crippen LogP contribution in [0.1, 0.15) is 125 Å². The Balaban J connectivity index is 1.64. The van der Waals surface area contributed by atoms with Gasteiger partial charge in [0.05, 0.1) is 24.3 Å². The van der Waals surface area contributed by atoms with Crippen LogP contribution < -0.4 is 9.47 Å². The van der Waals surface area contributed by atoms with Crippen LogP contribution in [-0.4, -0.2) is 25.2 Å². The molecule has 0 bridgehead atoms. The predicted octanol–water partition coefficient (Wildman–Crippen LogP) is 9.33. The summed E-state index contributed by atoms with van der Waals surface area (Å²) in [4.78, 5) is 24.6. The van der Waals surface area contributed by atoms with E-state index in [0.29, 0.717) is 12.4 Å². The lowest BCUT2D eigenvalue weighted by Gasteiger charge is -2.11. The second-order valence-corrected chi connectivity index (χ2v) is 10.4. The van der Waals surface area contributed by atoms with Crippen LogP contribution in [0.3, 0.4) is 0 Å². The molecular formula is C33H47FO5. The summed E-state index contributed by atoms with van der Waals surface area (Å²) < 4.78 is 30.6. The molecule has 0 saturated heterocycles. The number of hydrogen-bond donors (Lipinski definition) is 0. The van der Waals surface area contributed by atoms with Crippen LogP contribution in [0, 0.1) is 11.7 Å². The average Bonchev–Trinajstić information content (AvgIpc) is 2.95. The van der Waals surface area contributed by atoms with E-state index < -0.39 is 17.8 Å². The first-order chi connectivity index (χ1) is 18.9. The van der Waals surface area contributed by atoms with Crippen molar-refractivity contribution in [3.05, 3.63) is 59.4 Å². The predicted molar refractivity (Wildman–Crippen MR) is 154 cm³/mol. The molecule has 0 amide bonds. The third-order valence-electron chi connectivity index (χ3n) is 6.92. The van der Waals surface area contributed by atoms with E-state index >= 15 is 0 Å². The summed E-state index contributed by atoms with van der Waals surface area (Å²) in [5.74, 6) is -1.43. The summed E-state index contributed by atoms with van der Waals surface area (Å²) in [6.45, 7) is 7.13. The second-order valence-electron chi connectivity index (χ2n) is 10.4. The Hall–Kier alpha value is -2.89. The Labute approximate surface area is 234 Å². The zero-order valence-electron chi connectivity index (χ0n) is 24.1. The third-order valence-corrected chi connectivity index (χ3v) is 6.92. The van der Waals surface area contributed by atoms with Crippen molar-refractivity contribution in [3.8, 4) is 11.5 Å². The molecule has 1 atom stereocenters. The quantitative estimate of drug-likeness (QED) is 0.0947. The van der Waals surface area contributed by atoms with Gasteiger partial charge in [-0.1, -0.05) is 97.8 Å². The van der Waals surface area contributed by atoms with Crippen molar-refractivity contribution in [1.82, 2.24) is 0 Å². The van der Waals surface area contributed by atoms with Gasteiger partial charge in [0.1, 0.15) is 5.75 Å².